The molecule has 152 valence electrons. The van der Waals surface area contributed by atoms with Gasteiger partial charge >= 0.3 is 7.12 Å². The smallest absolute Gasteiger partial charge is 0.399 e. The van der Waals surface area contributed by atoms with Crippen LogP contribution in [0.25, 0.3) is 44.2 Å². The molecule has 0 radical (unpaired) electrons. The number of rotatable bonds is 2. The molecule has 1 heterocycles. The van der Waals surface area contributed by atoms with Gasteiger partial charge in [0, 0.05) is 0 Å². The van der Waals surface area contributed by atoms with E-state index in [1.165, 1.54) is 44.2 Å². The van der Waals surface area contributed by atoms with Gasteiger partial charge in [0.2, 0.25) is 0 Å². The van der Waals surface area contributed by atoms with Crippen LogP contribution in [0.3, 0.4) is 0 Å². The van der Waals surface area contributed by atoms with E-state index < -0.39 is 0 Å². The van der Waals surface area contributed by atoms with E-state index in [1.807, 2.05) is 0 Å². The van der Waals surface area contributed by atoms with Crippen LogP contribution in [0, 0.1) is 0 Å². The summed E-state index contributed by atoms with van der Waals surface area (Å²) in [5.41, 5.74) is 8.19. The fourth-order valence-corrected chi connectivity index (χ4v) is 4.86. The second-order valence-corrected chi connectivity index (χ2v) is 9.64. The summed E-state index contributed by atoms with van der Waals surface area (Å²) in [6.45, 7) is 8.36. The van der Waals surface area contributed by atoms with E-state index in [4.69, 9.17) is 9.31 Å². The van der Waals surface area contributed by atoms with Gasteiger partial charge in [-0.3, -0.25) is 0 Å². The topological polar surface area (TPSA) is 18.5 Å². The monoisotopic (exact) mass is 404 g/mol. The van der Waals surface area contributed by atoms with Crippen molar-refractivity contribution >= 4 is 23.4 Å². The molecule has 1 aliphatic heterocycles. The van der Waals surface area contributed by atoms with Crippen LogP contribution in [-0.2, 0) is 9.31 Å². The highest BCUT2D eigenvalue weighted by Crippen LogP contribution is 2.49. The van der Waals surface area contributed by atoms with Crippen LogP contribution in [-0.4, -0.2) is 18.3 Å². The zero-order valence-corrected chi connectivity index (χ0v) is 18.4. The van der Waals surface area contributed by atoms with Crippen molar-refractivity contribution in [3.05, 3.63) is 78.9 Å². The minimum absolute atomic E-state index is 0.330. The highest BCUT2D eigenvalue weighted by molar-refractivity contribution is 6.62. The molecule has 2 nitrogen and oxygen atoms in total. The van der Waals surface area contributed by atoms with E-state index in [2.05, 4.69) is 107 Å². The van der Waals surface area contributed by atoms with Crippen molar-refractivity contribution in [2.24, 2.45) is 0 Å². The molecule has 2 aliphatic rings. The third-order valence-electron chi connectivity index (χ3n) is 7.30. The Morgan fingerprint density at radius 2 is 1.10 bits per heavy atom. The van der Waals surface area contributed by atoms with Crippen LogP contribution in [0.1, 0.15) is 27.7 Å². The molecule has 0 unspecified atom stereocenters. The molecule has 1 fully saturated rings. The van der Waals surface area contributed by atoms with E-state index in [-0.39, 0.29) is 18.3 Å². The van der Waals surface area contributed by atoms with Gasteiger partial charge in [-0.15, -0.1) is 0 Å². The van der Waals surface area contributed by atoms with E-state index >= 15 is 0 Å². The lowest BCUT2D eigenvalue weighted by molar-refractivity contribution is 0.00578. The van der Waals surface area contributed by atoms with Crippen molar-refractivity contribution in [3.8, 4) is 33.4 Å². The summed E-state index contributed by atoms with van der Waals surface area (Å²) in [7, 11) is -0.332. The summed E-state index contributed by atoms with van der Waals surface area (Å²) in [5.74, 6) is 0. The summed E-state index contributed by atoms with van der Waals surface area (Å²) in [6.07, 6.45) is 0. The largest absolute Gasteiger partial charge is 0.494 e. The zero-order valence-electron chi connectivity index (χ0n) is 18.4. The molecule has 0 aromatic heterocycles. The van der Waals surface area contributed by atoms with Crippen LogP contribution >= 0.6 is 0 Å². The molecule has 1 saturated heterocycles. The first-order chi connectivity index (χ1) is 14.9. The Labute approximate surface area is 184 Å². The third-order valence-corrected chi connectivity index (χ3v) is 7.30. The highest BCUT2D eigenvalue weighted by Gasteiger charge is 2.51. The first kappa shape index (κ1) is 18.9. The summed E-state index contributed by atoms with van der Waals surface area (Å²) < 4.78 is 12.4. The average molecular weight is 404 g/mol. The quantitative estimate of drug-likeness (QED) is 0.315. The third kappa shape index (κ3) is 2.67. The molecule has 0 saturated carbocycles. The molecule has 4 aromatic rings. The molecule has 4 aromatic carbocycles. The van der Waals surface area contributed by atoms with Crippen molar-refractivity contribution in [2.45, 2.75) is 38.9 Å². The molecule has 0 N–H and O–H groups in total. The van der Waals surface area contributed by atoms with Crippen LogP contribution < -0.4 is 5.46 Å². The van der Waals surface area contributed by atoms with E-state index in [0.717, 1.165) is 5.46 Å². The Morgan fingerprint density at radius 1 is 0.548 bits per heavy atom. The normalized spacial score (nSPS) is 17.9. The standard InChI is InChI=1S/C28H25BO2/c1-27(2)28(3,4)31-29(30-27)19-14-12-18(13-15-19)20-16-17-25-22-9-6-5-8-21(22)24-11-7-10-23(20)26(24)25/h5-17H,1-4H3. The second-order valence-electron chi connectivity index (χ2n) is 9.64. The van der Waals surface area contributed by atoms with Crippen LogP contribution in [0.2, 0.25) is 0 Å². The first-order valence-corrected chi connectivity index (χ1v) is 11.0. The summed E-state index contributed by atoms with van der Waals surface area (Å²) in [5, 5.41) is 2.66. The first-order valence-electron chi connectivity index (χ1n) is 11.0. The molecule has 31 heavy (non-hydrogen) atoms. The molecule has 0 atom stereocenters. The Morgan fingerprint density at radius 3 is 1.74 bits per heavy atom. The fraction of sp³-hybridized carbons (Fsp3) is 0.214. The van der Waals surface area contributed by atoms with Crippen molar-refractivity contribution in [1.29, 1.82) is 0 Å². The van der Waals surface area contributed by atoms with Crippen LogP contribution in [0.4, 0.5) is 0 Å². The molecule has 1 aliphatic carbocycles. The minimum Gasteiger partial charge on any atom is -0.399 e. The van der Waals surface area contributed by atoms with E-state index in [1.54, 1.807) is 0 Å². The lowest BCUT2D eigenvalue weighted by atomic mass is 9.78. The maximum atomic E-state index is 6.22. The van der Waals surface area contributed by atoms with Gasteiger partial charge in [-0.25, -0.2) is 0 Å². The lowest BCUT2D eigenvalue weighted by Crippen LogP contribution is -2.41. The molecular formula is C28H25BO2. The van der Waals surface area contributed by atoms with E-state index in [9.17, 15) is 0 Å². The lowest BCUT2D eigenvalue weighted by Gasteiger charge is -2.32. The number of benzene rings is 4. The van der Waals surface area contributed by atoms with Crippen molar-refractivity contribution in [2.75, 3.05) is 0 Å². The van der Waals surface area contributed by atoms with Gasteiger partial charge in [-0.05, 0) is 77.3 Å². The molecule has 6 rings (SSSR count). The summed E-state index contributed by atoms with van der Waals surface area (Å²) in [4.78, 5) is 0. The van der Waals surface area contributed by atoms with Gasteiger partial charge in [0.25, 0.3) is 0 Å². The highest BCUT2D eigenvalue weighted by atomic mass is 16.7. The van der Waals surface area contributed by atoms with Gasteiger partial charge in [-0.1, -0.05) is 78.9 Å². The minimum atomic E-state index is -0.332. The SMILES string of the molecule is CC1(C)OB(c2ccc(-c3ccc4c5c(cccc35)-c3ccccc3-4)cc2)OC1(C)C. The van der Waals surface area contributed by atoms with Crippen molar-refractivity contribution in [1.82, 2.24) is 0 Å². The Bertz CT molecular complexity index is 1290. The number of fused-ring (bicyclic) bond motifs is 3. The fourth-order valence-electron chi connectivity index (χ4n) is 4.86. The maximum Gasteiger partial charge on any atom is 0.494 e. The molecular weight excluding hydrogens is 379 g/mol. The number of hydrogen-bond donors (Lipinski definition) is 0. The van der Waals surface area contributed by atoms with Gasteiger partial charge in [0.15, 0.2) is 0 Å². The Balaban J connectivity index is 1.42. The Hall–Kier alpha value is -2.88. The summed E-state index contributed by atoms with van der Waals surface area (Å²) in [6, 6.07) is 28.5. The molecule has 0 spiro atoms. The second kappa shape index (κ2) is 6.32. The molecule has 0 bridgehead atoms. The predicted octanol–water partition coefficient (Wildman–Crippen LogP) is 6.45. The summed E-state index contributed by atoms with van der Waals surface area (Å²) >= 11 is 0. The van der Waals surface area contributed by atoms with Gasteiger partial charge in [-0.2, -0.15) is 0 Å². The zero-order chi connectivity index (χ0) is 21.4. The Kier molecular flexibility index (Phi) is 3.84. The van der Waals surface area contributed by atoms with E-state index in [0.29, 0.717) is 0 Å². The van der Waals surface area contributed by atoms with Crippen molar-refractivity contribution in [3.63, 3.8) is 0 Å². The average Bonchev–Trinajstić information content (AvgIpc) is 3.20. The number of hydrogen-bond acceptors (Lipinski definition) is 2. The van der Waals surface area contributed by atoms with Crippen LogP contribution in [0.5, 0.6) is 0 Å². The van der Waals surface area contributed by atoms with Crippen molar-refractivity contribution < 1.29 is 9.31 Å². The maximum absolute atomic E-state index is 6.22. The predicted molar refractivity (Wildman–Crippen MR) is 130 cm³/mol. The van der Waals surface area contributed by atoms with Gasteiger partial charge in [0.1, 0.15) is 0 Å². The van der Waals surface area contributed by atoms with Gasteiger partial charge < -0.3 is 9.31 Å². The molecule has 3 heteroatoms. The molecule has 0 amide bonds. The van der Waals surface area contributed by atoms with Crippen LogP contribution in [0.15, 0.2) is 78.9 Å². The van der Waals surface area contributed by atoms with Gasteiger partial charge in [0.05, 0.1) is 11.2 Å².